The van der Waals surface area contributed by atoms with Crippen molar-refractivity contribution in [3.63, 3.8) is 0 Å². The number of aromatic amines is 1. The summed E-state index contributed by atoms with van der Waals surface area (Å²) in [6.07, 6.45) is 0. The molecule has 0 unspecified atom stereocenters. The summed E-state index contributed by atoms with van der Waals surface area (Å²) < 4.78 is 27.4. The molecule has 0 fully saturated rings. The molecular formula is C14H14F2N2O. The van der Waals surface area contributed by atoms with Crippen molar-refractivity contribution in [3.05, 3.63) is 51.6 Å². The lowest BCUT2D eigenvalue weighted by Crippen LogP contribution is -2.12. The fourth-order valence-corrected chi connectivity index (χ4v) is 1.73. The van der Waals surface area contributed by atoms with Gasteiger partial charge in [0.1, 0.15) is 5.82 Å². The molecule has 2 aromatic rings. The molecule has 1 N–H and O–H groups in total. The number of nitrogens with zero attached hydrogens (tertiary/aromatic N) is 1. The highest BCUT2D eigenvalue weighted by atomic mass is 19.2. The first kappa shape index (κ1) is 13.4. The Morgan fingerprint density at radius 1 is 1.21 bits per heavy atom. The van der Waals surface area contributed by atoms with E-state index in [0.29, 0.717) is 5.82 Å². The van der Waals surface area contributed by atoms with Gasteiger partial charge < -0.3 is 4.98 Å². The Labute approximate surface area is 109 Å². The van der Waals surface area contributed by atoms with E-state index in [1.54, 1.807) is 0 Å². The largest absolute Gasteiger partial charge is 0.310 e. The summed E-state index contributed by atoms with van der Waals surface area (Å²) in [6, 6.07) is 4.06. The van der Waals surface area contributed by atoms with Crippen molar-refractivity contribution >= 4 is 0 Å². The van der Waals surface area contributed by atoms with Crippen LogP contribution >= 0.6 is 0 Å². The lowest BCUT2D eigenvalue weighted by molar-refractivity contribution is 0.505. The molecule has 1 aromatic carbocycles. The first-order chi connectivity index (χ1) is 8.90. The maximum Gasteiger partial charge on any atom is 0.251 e. The average molecular weight is 264 g/mol. The van der Waals surface area contributed by atoms with Crippen molar-refractivity contribution in [1.82, 2.24) is 9.97 Å². The molecule has 0 atom stereocenters. The van der Waals surface area contributed by atoms with Crippen LogP contribution in [0.15, 0.2) is 23.0 Å². The third-order valence-electron chi connectivity index (χ3n) is 2.86. The van der Waals surface area contributed by atoms with Crippen LogP contribution in [0, 0.1) is 18.6 Å². The van der Waals surface area contributed by atoms with Crippen molar-refractivity contribution in [2.24, 2.45) is 0 Å². The zero-order valence-electron chi connectivity index (χ0n) is 10.9. The quantitative estimate of drug-likeness (QED) is 0.905. The molecule has 1 aromatic heterocycles. The van der Waals surface area contributed by atoms with Gasteiger partial charge in [0.05, 0.1) is 5.69 Å². The van der Waals surface area contributed by atoms with Crippen molar-refractivity contribution in [1.29, 1.82) is 0 Å². The average Bonchev–Trinajstić information content (AvgIpc) is 2.35. The van der Waals surface area contributed by atoms with Gasteiger partial charge >= 0.3 is 0 Å². The van der Waals surface area contributed by atoms with Crippen molar-refractivity contribution < 1.29 is 8.78 Å². The molecule has 5 heteroatoms. The highest BCUT2D eigenvalue weighted by Gasteiger charge is 2.15. The summed E-state index contributed by atoms with van der Waals surface area (Å²) in [4.78, 5) is 18.3. The summed E-state index contributed by atoms with van der Waals surface area (Å²) in [5.41, 5.74) is -0.0239. The van der Waals surface area contributed by atoms with Gasteiger partial charge in [0.25, 0.3) is 5.56 Å². The van der Waals surface area contributed by atoms with E-state index in [1.807, 2.05) is 13.8 Å². The molecule has 3 nitrogen and oxygen atoms in total. The van der Waals surface area contributed by atoms with Gasteiger partial charge in [-0.2, -0.15) is 0 Å². The van der Waals surface area contributed by atoms with E-state index in [0.717, 1.165) is 0 Å². The van der Waals surface area contributed by atoms with Gasteiger partial charge in [-0.05, 0) is 18.6 Å². The highest BCUT2D eigenvalue weighted by molar-refractivity contribution is 5.60. The molecule has 0 aliphatic heterocycles. The molecule has 0 saturated carbocycles. The van der Waals surface area contributed by atoms with E-state index in [1.165, 1.54) is 25.1 Å². The van der Waals surface area contributed by atoms with Crippen molar-refractivity contribution in [2.75, 3.05) is 0 Å². The minimum absolute atomic E-state index is 0.00361. The van der Waals surface area contributed by atoms with Gasteiger partial charge in [0, 0.05) is 17.5 Å². The highest BCUT2D eigenvalue weighted by Crippen LogP contribution is 2.24. The predicted molar refractivity (Wildman–Crippen MR) is 69.0 cm³/mol. The Morgan fingerprint density at radius 2 is 1.89 bits per heavy atom. The molecule has 0 amide bonds. The monoisotopic (exact) mass is 264 g/mol. The van der Waals surface area contributed by atoms with E-state index >= 15 is 0 Å². The van der Waals surface area contributed by atoms with Gasteiger partial charge in [-0.3, -0.25) is 4.79 Å². The van der Waals surface area contributed by atoms with Crippen LogP contribution in [0.3, 0.4) is 0 Å². The Hall–Kier alpha value is -2.04. The zero-order valence-corrected chi connectivity index (χ0v) is 10.9. The van der Waals surface area contributed by atoms with Crippen molar-refractivity contribution in [3.8, 4) is 11.3 Å². The summed E-state index contributed by atoms with van der Waals surface area (Å²) in [5.74, 6) is -1.45. The molecule has 1 heterocycles. The summed E-state index contributed by atoms with van der Waals surface area (Å²) in [7, 11) is 0. The standard InChI is InChI=1S/C14H14F2N2O/c1-7(2)14-17-10(6-11(19)18-14)9-5-4-8(3)12(15)13(9)16/h4-7H,1-3H3,(H,17,18,19). The lowest BCUT2D eigenvalue weighted by atomic mass is 10.1. The molecule has 0 aliphatic carbocycles. The topological polar surface area (TPSA) is 45.8 Å². The number of aromatic nitrogens is 2. The molecule has 2 rings (SSSR count). The maximum atomic E-state index is 13.9. The van der Waals surface area contributed by atoms with Crippen LogP contribution in [0.2, 0.25) is 0 Å². The Kier molecular flexibility index (Phi) is 3.46. The van der Waals surface area contributed by atoms with Crippen LogP contribution in [0.4, 0.5) is 8.78 Å². The molecule has 0 spiro atoms. The van der Waals surface area contributed by atoms with Gasteiger partial charge in [-0.25, -0.2) is 13.8 Å². The Balaban J connectivity index is 2.66. The van der Waals surface area contributed by atoms with E-state index in [2.05, 4.69) is 9.97 Å². The van der Waals surface area contributed by atoms with Crippen LogP contribution in [0.1, 0.15) is 31.2 Å². The molecule has 19 heavy (non-hydrogen) atoms. The van der Waals surface area contributed by atoms with Crippen LogP contribution in [0.25, 0.3) is 11.3 Å². The second kappa shape index (κ2) is 4.91. The third kappa shape index (κ3) is 2.54. The number of hydrogen-bond donors (Lipinski definition) is 1. The first-order valence-electron chi connectivity index (χ1n) is 5.96. The van der Waals surface area contributed by atoms with Crippen LogP contribution in [-0.2, 0) is 0 Å². The van der Waals surface area contributed by atoms with Crippen LogP contribution in [0.5, 0.6) is 0 Å². The fourth-order valence-electron chi connectivity index (χ4n) is 1.73. The van der Waals surface area contributed by atoms with Gasteiger partial charge in [0.15, 0.2) is 11.6 Å². The number of aryl methyl sites for hydroxylation is 1. The number of halogens is 2. The normalized spacial score (nSPS) is 11.1. The van der Waals surface area contributed by atoms with Crippen LogP contribution in [-0.4, -0.2) is 9.97 Å². The van der Waals surface area contributed by atoms with E-state index in [4.69, 9.17) is 0 Å². The third-order valence-corrected chi connectivity index (χ3v) is 2.86. The van der Waals surface area contributed by atoms with Crippen molar-refractivity contribution in [2.45, 2.75) is 26.7 Å². The minimum Gasteiger partial charge on any atom is -0.310 e. The molecule has 100 valence electrons. The molecule has 0 bridgehead atoms. The second-order valence-electron chi connectivity index (χ2n) is 4.73. The molecule has 0 saturated heterocycles. The van der Waals surface area contributed by atoms with Gasteiger partial charge in [-0.1, -0.05) is 19.9 Å². The summed E-state index contributed by atoms with van der Waals surface area (Å²) in [6.45, 7) is 5.19. The summed E-state index contributed by atoms with van der Waals surface area (Å²) in [5, 5.41) is 0. The predicted octanol–water partition coefficient (Wildman–Crippen LogP) is 3.15. The maximum absolute atomic E-state index is 13.9. The van der Waals surface area contributed by atoms with E-state index in [9.17, 15) is 13.6 Å². The molecule has 0 radical (unpaired) electrons. The Morgan fingerprint density at radius 3 is 2.53 bits per heavy atom. The van der Waals surface area contributed by atoms with E-state index < -0.39 is 11.6 Å². The number of nitrogens with one attached hydrogen (secondary N) is 1. The Bertz CT molecular complexity index is 678. The zero-order chi connectivity index (χ0) is 14.2. The smallest absolute Gasteiger partial charge is 0.251 e. The SMILES string of the molecule is Cc1ccc(-c2cc(=O)[nH]c(C(C)C)n2)c(F)c1F. The number of H-pyrrole nitrogens is 1. The minimum atomic E-state index is -0.979. The number of rotatable bonds is 2. The molecular weight excluding hydrogens is 250 g/mol. The number of hydrogen-bond acceptors (Lipinski definition) is 2. The fraction of sp³-hybridized carbons (Fsp3) is 0.286. The summed E-state index contributed by atoms with van der Waals surface area (Å²) >= 11 is 0. The molecule has 0 aliphatic rings. The van der Waals surface area contributed by atoms with Crippen LogP contribution < -0.4 is 5.56 Å². The first-order valence-corrected chi connectivity index (χ1v) is 5.96. The second-order valence-corrected chi connectivity index (χ2v) is 4.73. The van der Waals surface area contributed by atoms with Gasteiger partial charge in [0.2, 0.25) is 0 Å². The van der Waals surface area contributed by atoms with E-state index in [-0.39, 0.29) is 28.3 Å². The van der Waals surface area contributed by atoms with Gasteiger partial charge in [-0.15, -0.1) is 0 Å². The lowest BCUT2D eigenvalue weighted by Gasteiger charge is -2.08. The number of benzene rings is 1.